The van der Waals surface area contributed by atoms with Crippen molar-refractivity contribution < 1.29 is 4.79 Å². The number of carbonyl (C=O) groups excluding carboxylic acids is 1. The van der Waals surface area contributed by atoms with Gasteiger partial charge in [-0.25, -0.2) is 0 Å². The van der Waals surface area contributed by atoms with E-state index in [1.807, 2.05) is 0 Å². The first-order valence-electron chi connectivity index (χ1n) is 6.63. The molecule has 0 spiro atoms. The Bertz CT molecular complexity index is 355. The fourth-order valence-corrected chi connectivity index (χ4v) is 3.26. The van der Waals surface area contributed by atoms with E-state index in [4.69, 9.17) is 0 Å². The van der Waals surface area contributed by atoms with E-state index < -0.39 is 0 Å². The van der Waals surface area contributed by atoms with E-state index in [0.717, 1.165) is 24.6 Å². The predicted octanol–water partition coefficient (Wildman–Crippen LogP) is 4.05. The molecule has 1 nitrogen and oxygen atoms in total. The molecule has 0 amide bonds. The maximum atomic E-state index is 12.3. The van der Waals surface area contributed by atoms with Crippen LogP contribution in [0.3, 0.4) is 0 Å². The van der Waals surface area contributed by atoms with Gasteiger partial charge in [0.1, 0.15) is 0 Å². The van der Waals surface area contributed by atoms with E-state index in [-0.39, 0.29) is 18.9 Å². The number of hydrogen-bond donors (Lipinski definition) is 0. The first kappa shape index (κ1) is 17.9. The van der Waals surface area contributed by atoms with Gasteiger partial charge < -0.3 is 0 Å². The van der Waals surface area contributed by atoms with Crippen molar-refractivity contribution in [2.45, 2.75) is 46.5 Å². The molecule has 1 aromatic rings. The molecule has 0 aromatic heterocycles. The summed E-state index contributed by atoms with van der Waals surface area (Å²) in [5.41, 5.74) is 3.83. The van der Waals surface area contributed by atoms with Gasteiger partial charge in [0, 0.05) is 24.4 Å². The average Bonchev–Trinajstić information content (AvgIpc) is 2.37. The van der Waals surface area contributed by atoms with Gasteiger partial charge in [0.15, 0.2) is 5.52 Å². The normalized spacial score (nSPS) is 10.6. The molecule has 0 N–H and O–H groups in total. The molecule has 1 atom stereocenters. The van der Waals surface area contributed by atoms with Crippen LogP contribution in [0.1, 0.15) is 55.1 Å². The zero-order chi connectivity index (χ0) is 12.7. The maximum Gasteiger partial charge on any atom is 0.181 e. The topological polar surface area (TPSA) is 17.1 Å². The molecule has 0 aliphatic carbocycles. The molecule has 1 unspecified atom stereocenters. The molecule has 0 saturated heterocycles. The summed E-state index contributed by atoms with van der Waals surface area (Å²) in [6, 6.07) is 6.26. The standard InChI is InChI=1S/C15H23OP.Li/c1-4-7-11-17-15(16)14-12(5-2)9-8-10-13(14)6-3;/h8-10,17H,4-7,11H2,1-3H3;. The van der Waals surface area contributed by atoms with Crippen molar-refractivity contribution in [3.63, 3.8) is 0 Å². The summed E-state index contributed by atoms with van der Waals surface area (Å²) in [7, 11) is 0.450. The molecule has 1 radical (unpaired) electrons. The smallest absolute Gasteiger partial charge is 0.181 e. The molecule has 0 bridgehead atoms. The number of rotatable bonds is 7. The molecule has 0 heterocycles. The van der Waals surface area contributed by atoms with Gasteiger partial charge in [0.05, 0.1) is 0 Å². The summed E-state index contributed by atoms with van der Waals surface area (Å²) < 4.78 is 0. The summed E-state index contributed by atoms with van der Waals surface area (Å²) in [6.07, 6.45) is 5.30. The largest absolute Gasteiger partial charge is 0.289 e. The first-order valence-corrected chi connectivity index (χ1v) is 7.84. The number of carbonyl (C=O) groups is 1. The number of benzene rings is 1. The zero-order valence-electron chi connectivity index (χ0n) is 12.2. The van der Waals surface area contributed by atoms with Gasteiger partial charge in [-0.1, -0.05) is 45.4 Å². The molecule has 18 heavy (non-hydrogen) atoms. The van der Waals surface area contributed by atoms with Crippen LogP contribution in [0.25, 0.3) is 0 Å². The van der Waals surface area contributed by atoms with Crippen LogP contribution in [0, 0.1) is 0 Å². The third kappa shape index (κ3) is 4.89. The molecule has 0 aliphatic heterocycles. The van der Waals surface area contributed by atoms with Crippen LogP contribution in [0.2, 0.25) is 0 Å². The Morgan fingerprint density at radius 2 is 1.67 bits per heavy atom. The second-order valence-corrected chi connectivity index (χ2v) is 5.58. The van der Waals surface area contributed by atoms with Crippen LogP contribution >= 0.6 is 8.58 Å². The van der Waals surface area contributed by atoms with E-state index in [1.165, 1.54) is 24.0 Å². The molecule has 3 heteroatoms. The SMILES string of the molecule is CCCCPC(=O)c1c(CC)cccc1CC.[Li]. The second kappa shape index (κ2) is 9.80. The Morgan fingerprint density at radius 1 is 1.11 bits per heavy atom. The summed E-state index contributed by atoms with van der Waals surface area (Å²) in [4.78, 5) is 12.3. The minimum atomic E-state index is 0. The number of unbranched alkanes of at least 4 members (excludes halogenated alkanes) is 1. The molecular formula is C15H23LiOP. The summed E-state index contributed by atoms with van der Waals surface area (Å²) in [5.74, 6) is 0. The third-order valence-electron chi connectivity index (χ3n) is 3.04. The summed E-state index contributed by atoms with van der Waals surface area (Å²) >= 11 is 0. The molecule has 95 valence electrons. The monoisotopic (exact) mass is 257 g/mol. The summed E-state index contributed by atoms with van der Waals surface area (Å²) in [5, 5.41) is 0. The molecule has 0 aliphatic rings. The van der Waals surface area contributed by atoms with E-state index in [9.17, 15) is 4.79 Å². The van der Waals surface area contributed by atoms with Crippen LogP contribution in [-0.4, -0.2) is 30.5 Å². The van der Waals surface area contributed by atoms with Crippen molar-refractivity contribution in [2.75, 3.05) is 6.16 Å². The predicted molar refractivity (Wildman–Crippen MR) is 83.4 cm³/mol. The van der Waals surface area contributed by atoms with Crippen molar-refractivity contribution in [3.8, 4) is 0 Å². The van der Waals surface area contributed by atoms with Gasteiger partial charge in [-0.2, -0.15) is 0 Å². The van der Waals surface area contributed by atoms with Crippen molar-refractivity contribution in [1.82, 2.24) is 0 Å². The van der Waals surface area contributed by atoms with Crippen LogP contribution < -0.4 is 0 Å². The molecular weight excluding hydrogens is 234 g/mol. The minimum absolute atomic E-state index is 0. The van der Waals surface area contributed by atoms with Gasteiger partial charge in [-0.15, -0.1) is 0 Å². The molecule has 0 saturated carbocycles. The van der Waals surface area contributed by atoms with Gasteiger partial charge in [0.2, 0.25) is 0 Å². The van der Waals surface area contributed by atoms with E-state index >= 15 is 0 Å². The Balaban J connectivity index is 0.00000289. The van der Waals surface area contributed by atoms with Crippen molar-refractivity contribution in [1.29, 1.82) is 0 Å². The first-order chi connectivity index (χ1) is 8.24. The zero-order valence-corrected chi connectivity index (χ0v) is 13.2. The Kier molecular flexibility index (Phi) is 9.75. The fraction of sp³-hybridized carbons (Fsp3) is 0.533. The fourth-order valence-electron chi connectivity index (χ4n) is 2.00. The molecule has 0 fully saturated rings. The number of hydrogen-bond acceptors (Lipinski definition) is 1. The third-order valence-corrected chi connectivity index (χ3v) is 4.22. The summed E-state index contributed by atoms with van der Waals surface area (Å²) in [6.45, 7) is 6.42. The van der Waals surface area contributed by atoms with Gasteiger partial charge >= 0.3 is 0 Å². The van der Waals surface area contributed by atoms with Gasteiger partial charge in [0.25, 0.3) is 0 Å². The van der Waals surface area contributed by atoms with E-state index in [0.29, 0.717) is 14.1 Å². The maximum absolute atomic E-state index is 12.3. The van der Waals surface area contributed by atoms with Crippen LogP contribution in [0.4, 0.5) is 0 Å². The van der Waals surface area contributed by atoms with Crippen LogP contribution in [0.15, 0.2) is 18.2 Å². The van der Waals surface area contributed by atoms with E-state index in [2.05, 4.69) is 39.0 Å². The van der Waals surface area contributed by atoms with Crippen LogP contribution in [-0.2, 0) is 12.8 Å². The van der Waals surface area contributed by atoms with Crippen molar-refractivity contribution in [2.24, 2.45) is 0 Å². The van der Waals surface area contributed by atoms with Crippen molar-refractivity contribution >= 4 is 33.0 Å². The quantitative estimate of drug-likeness (QED) is 0.409. The Morgan fingerprint density at radius 3 is 2.11 bits per heavy atom. The number of aryl methyl sites for hydroxylation is 2. The van der Waals surface area contributed by atoms with Gasteiger partial charge in [-0.3, -0.25) is 4.79 Å². The second-order valence-electron chi connectivity index (χ2n) is 4.27. The van der Waals surface area contributed by atoms with Crippen LogP contribution in [0.5, 0.6) is 0 Å². The molecule has 1 aromatic carbocycles. The van der Waals surface area contributed by atoms with E-state index in [1.54, 1.807) is 0 Å². The van der Waals surface area contributed by atoms with Crippen molar-refractivity contribution in [3.05, 3.63) is 34.9 Å². The Labute approximate surface area is 125 Å². The Hall–Kier alpha value is -0.0826. The average molecular weight is 257 g/mol. The van der Waals surface area contributed by atoms with Gasteiger partial charge in [-0.05, 0) is 45.1 Å². The molecule has 1 rings (SSSR count). The minimum Gasteiger partial charge on any atom is -0.289 e.